The summed E-state index contributed by atoms with van der Waals surface area (Å²) in [6.07, 6.45) is 0.256. The first-order valence-electron chi connectivity index (χ1n) is 3.62. The summed E-state index contributed by atoms with van der Waals surface area (Å²) in [5, 5.41) is 8.35. The maximum absolute atomic E-state index is 12.4. The van der Waals surface area contributed by atoms with Gasteiger partial charge in [0.25, 0.3) is 0 Å². The monoisotopic (exact) mass is 200 g/mol. The van der Waals surface area contributed by atoms with Gasteiger partial charge < -0.3 is 5.73 Å². The summed E-state index contributed by atoms with van der Waals surface area (Å²) in [7, 11) is 0. The highest BCUT2D eigenvalue weighted by Gasteiger charge is 2.03. The van der Waals surface area contributed by atoms with Crippen LogP contribution in [0.3, 0.4) is 0 Å². The van der Waals surface area contributed by atoms with Crippen LogP contribution in [0.15, 0.2) is 24.3 Å². The van der Waals surface area contributed by atoms with Gasteiger partial charge in [-0.3, -0.25) is 0 Å². The summed E-state index contributed by atoms with van der Waals surface area (Å²) >= 11 is 0. The van der Waals surface area contributed by atoms with Crippen LogP contribution in [-0.2, 0) is 0 Å². The van der Waals surface area contributed by atoms with Gasteiger partial charge in [0.1, 0.15) is 5.82 Å². The summed E-state index contributed by atoms with van der Waals surface area (Å²) < 4.78 is 12.4. The van der Waals surface area contributed by atoms with E-state index in [4.69, 9.17) is 11.0 Å². The van der Waals surface area contributed by atoms with E-state index < -0.39 is 0 Å². The van der Waals surface area contributed by atoms with Crippen LogP contribution in [0.25, 0.3) is 0 Å². The molecule has 0 saturated heterocycles. The van der Waals surface area contributed by atoms with Gasteiger partial charge in [-0.2, -0.15) is 5.26 Å². The molecule has 0 radical (unpaired) electrons. The number of halogens is 2. The molecule has 0 aliphatic heterocycles. The van der Waals surface area contributed by atoms with Crippen molar-refractivity contribution < 1.29 is 4.39 Å². The van der Waals surface area contributed by atoms with Crippen LogP contribution < -0.4 is 5.73 Å². The van der Waals surface area contributed by atoms with Gasteiger partial charge >= 0.3 is 0 Å². The Morgan fingerprint density at radius 2 is 1.92 bits per heavy atom. The molecule has 0 spiro atoms. The molecule has 0 fully saturated rings. The minimum atomic E-state index is -0.310. The lowest BCUT2D eigenvalue weighted by atomic mass is 10.1. The molecule has 0 aliphatic carbocycles. The quantitative estimate of drug-likeness (QED) is 0.796. The topological polar surface area (TPSA) is 49.8 Å². The molecule has 13 heavy (non-hydrogen) atoms. The Labute approximate surface area is 82.6 Å². The standard InChI is InChI=1S/C9H9FN2.ClH/c10-8-3-1-7(2-4-8)9(12)5-6-11;/h1-4,9H,5,12H2;1H. The van der Waals surface area contributed by atoms with E-state index in [2.05, 4.69) is 0 Å². The van der Waals surface area contributed by atoms with Crippen LogP contribution >= 0.6 is 12.4 Å². The second-order valence-corrected chi connectivity index (χ2v) is 2.52. The normalized spacial score (nSPS) is 11.2. The highest BCUT2D eigenvalue weighted by atomic mass is 35.5. The van der Waals surface area contributed by atoms with E-state index in [1.54, 1.807) is 12.1 Å². The van der Waals surface area contributed by atoms with Crippen molar-refractivity contribution in [1.29, 1.82) is 5.26 Å². The van der Waals surface area contributed by atoms with Gasteiger partial charge in [-0.25, -0.2) is 4.39 Å². The number of nitriles is 1. The molecule has 0 aliphatic rings. The van der Waals surface area contributed by atoms with Crippen molar-refractivity contribution >= 4 is 12.4 Å². The van der Waals surface area contributed by atoms with E-state index in [9.17, 15) is 4.39 Å². The smallest absolute Gasteiger partial charge is 0.123 e. The molecule has 1 unspecified atom stereocenters. The van der Waals surface area contributed by atoms with E-state index in [0.29, 0.717) is 0 Å². The molecule has 1 rings (SSSR count). The number of nitrogens with zero attached hydrogens (tertiary/aromatic N) is 1. The van der Waals surface area contributed by atoms with Gasteiger partial charge in [-0.05, 0) is 17.7 Å². The molecule has 1 atom stereocenters. The van der Waals surface area contributed by atoms with E-state index >= 15 is 0 Å². The summed E-state index contributed by atoms with van der Waals surface area (Å²) in [6, 6.07) is 7.52. The van der Waals surface area contributed by atoms with Crippen LogP contribution in [0, 0.1) is 17.1 Å². The average molecular weight is 201 g/mol. The van der Waals surface area contributed by atoms with Crippen LogP contribution in [0.2, 0.25) is 0 Å². The van der Waals surface area contributed by atoms with E-state index in [-0.39, 0.29) is 30.7 Å². The van der Waals surface area contributed by atoms with Crippen molar-refractivity contribution in [3.05, 3.63) is 35.6 Å². The maximum atomic E-state index is 12.4. The average Bonchev–Trinajstić information content (AvgIpc) is 2.06. The lowest BCUT2D eigenvalue weighted by molar-refractivity contribution is 0.625. The van der Waals surface area contributed by atoms with E-state index in [1.165, 1.54) is 12.1 Å². The minimum absolute atomic E-state index is 0. The second-order valence-electron chi connectivity index (χ2n) is 2.52. The fourth-order valence-corrected chi connectivity index (χ4v) is 0.926. The van der Waals surface area contributed by atoms with Gasteiger partial charge in [-0.15, -0.1) is 12.4 Å². The third-order valence-electron chi connectivity index (χ3n) is 1.61. The Hall–Kier alpha value is -1.11. The van der Waals surface area contributed by atoms with Crippen molar-refractivity contribution in [2.24, 2.45) is 5.73 Å². The molecule has 70 valence electrons. The molecule has 0 heterocycles. The summed E-state index contributed by atoms with van der Waals surface area (Å²) in [4.78, 5) is 0. The molecule has 0 saturated carbocycles. The van der Waals surface area contributed by atoms with Crippen LogP contribution in [0.4, 0.5) is 4.39 Å². The van der Waals surface area contributed by atoms with Gasteiger partial charge in [0.15, 0.2) is 0 Å². The number of hydrogen-bond donors (Lipinski definition) is 1. The third-order valence-corrected chi connectivity index (χ3v) is 1.61. The molecule has 0 aromatic heterocycles. The number of benzene rings is 1. The Balaban J connectivity index is 0.00000144. The molecular formula is C9H10ClFN2. The number of nitrogens with two attached hydrogens (primary N) is 1. The first-order chi connectivity index (χ1) is 5.74. The Kier molecular flexibility index (Phi) is 5.05. The van der Waals surface area contributed by atoms with Gasteiger partial charge in [0.05, 0.1) is 12.5 Å². The second kappa shape index (κ2) is 5.52. The zero-order chi connectivity index (χ0) is 8.97. The molecule has 4 heteroatoms. The fraction of sp³-hybridized carbons (Fsp3) is 0.222. The van der Waals surface area contributed by atoms with Gasteiger partial charge in [0, 0.05) is 6.04 Å². The van der Waals surface area contributed by atoms with Crippen LogP contribution in [-0.4, -0.2) is 0 Å². The van der Waals surface area contributed by atoms with Crippen molar-refractivity contribution in [3.63, 3.8) is 0 Å². The molecular weight excluding hydrogens is 191 g/mol. The van der Waals surface area contributed by atoms with E-state index in [0.717, 1.165) is 5.56 Å². The number of rotatable bonds is 2. The summed E-state index contributed by atoms with van der Waals surface area (Å²) in [5.74, 6) is -0.289. The zero-order valence-electron chi connectivity index (χ0n) is 6.90. The predicted octanol–water partition coefficient (Wildman–Crippen LogP) is 2.16. The van der Waals surface area contributed by atoms with E-state index in [1.807, 2.05) is 6.07 Å². The number of hydrogen-bond acceptors (Lipinski definition) is 2. The maximum Gasteiger partial charge on any atom is 0.123 e. The molecule has 1 aromatic rings. The van der Waals surface area contributed by atoms with Gasteiger partial charge in [-0.1, -0.05) is 12.1 Å². The summed E-state index contributed by atoms with van der Waals surface area (Å²) in [5.41, 5.74) is 6.40. The highest BCUT2D eigenvalue weighted by Crippen LogP contribution is 2.13. The predicted molar refractivity (Wildman–Crippen MR) is 50.8 cm³/mol. The molecule has 1 aromatic carbocycles. The van der Waals surface area contributed by atoms with Gasteiger partial charge in [0.2, 0.25) is 0 Å². The fourth-order valence-electron chi connectivity index (χ4n) is 0.926. The Bertz CT molecular complexity index is 291. The first-order valence-corrected chi connectivity index (χ1v) is 3.62. The largest absolute Gasteiger partial charge is 0.323 e. The molecule has 2 nitrogen and oxygen atoms in total. The molecule has 2 N–H and O–H groups in total. The SMILES string of the molecule is Cl.N#CCC(N)c1ccc(F)cc1. The lowest BCUT2D eigenvalue weighted by Crippen LogP contribution is -2.08. The van der Waals surface area contributed by atoms with Crippen LogP contribution in [0.1, 0.15) is 18.0 Å². The van der Waals surface area contributed by atoms with Crippen molar-refractivity contribution in [1.82, 2.24) is 0 Å². The summed E-state index contributed by atoms with van der Waals surface area (Å²) in [6.45, 7) is 0. The third kappa shape index (κ3) is 3.41. The Morgan fingerprint density at radius 3 is 2.38 bits per heavy atom. The zero-order valence-corrected chi connectivity index (χ0v) is 7.72. The first kappa shape index (κ1) is 11.9. The minimum Gasteiger partial charge on any atom is -0.323 e. The van der Waals surface area contributed by atoms with Crippen LogP contribution in [0.5, 0.6) is 0 Å². The lowest BCUT2D eigenvalue weighted by Gasteiger charge is -2.06. The van der Waals surface area contributed by atoms with Crippen molar-refractivity contribution in [2.45, 2.75) is 12.5 Å². The van der Waals surface area contributed by atoms with Crippen molar-refractivity contribution in [2.75, 3.05) is 0 Å². The van der Waals surface area contributed by atoms with Crippen molar-refractivity contribution in [3.8, 4) is 6.07 Å². The highest BCUT2D eigenvalue weighted by molar-refractivity contribution is 5.85. The molecule has 0 amide bonds. The molecule has 0 bridgehead atoms. The Morgan fingerprint density at radius 1 is 1.38 bits per heavy atom.